The summed E-state index contributed by atoms with van der Waals surface area (Å²) >= 11 is 5.75. The van der Waals surface area contributed by atoms with Crippen LogP contribution in [0.2, 0.25) is 0 Å². The van der Waals surface area contributed by atoms with E-state index >= 15 is 0 Å². The molecule has 0 atom stereocenters. The Morgan fingerprint density at radius 1 is 0.867 bits per heavy atom. The molecule has 1 aliphatic rings. The number of phenolic OH excluding ortho intramolecular Hbond substituents is 1. The lowest BCUT2D eigenvalue weighted by Gasteiger charge is -2.40. The van der Waals surface area contributed by atoms with Gasteiger partial charge in [0, 0.05) is 31.7 Å². The summed E-state index contributed by atoms with van der Waals surface area (Å²) in [4.78, 5) is 5.57. The highest BCUT2D eigenvalue weighted by molar-refractivity contribution is 7.80. The molecule has 1 aliphatic heterocycles. The zero-order valence-electron chi connectivity index (χ0n) is 17.1. The molecule has 1 N–H and O–H groups in total. The minimum absolute atomic E-state index is 0.127. The fourth-order valence-electron chi connectivity index (χ4n) is 4.06. The number of thiocarbonyl (C=S) groups is 1. The first-order valence-electron chi connectivity index (χ1n) is 10.2. The van der Waals surface area contributed by atoms with Crippen LogP contribution in [0, 0.1) is 0 Å². The molecular formula is C25H26N2O2S. The molecule has 154 valence electrons. The fourth-order valence-corrected chi connectivity index (χ4v) is 4.37. The lowest BCUT2D eigenvalue weighted by Crippen LogP contribution is -2.49. The van der Waals surface area contributed by atoms with E-state index in [1.54, 1.807) is 19.2 Å². The van der Waals surface area contributed by atoms with Gasteiger partial charge in [0.15, 0.2) is 11.5 Å². The van der Waals surface area contributed by atoms with Crippen LogP contribution >= 0.6 is 12.2 Å². The molecule has 0 radical (unpaired) electrons. The van der Waals surface area contributed by atoms with Crippen LogP contribution in [0.15, 0.2) is 78.9 Å². The second-order valence-corrected chi connectivity index (χ2v) is 7.83. The number of rotatable bonds is 5. The molecule has 0 saturated carbocycles. The monoisotopic (exact) mass is 418 g/mol. The Hall–Kier alpha value is -2.89. The Labute approximate surface area is 183 Å². The highest BCUT2D eigenvalue weighted by Crippen LogP contribution is 2.30. The first-order chi connectivity index (χ1) is 14.7. The number of benzene rings is 3. The quantitative estimate of drug-likeness (QED) is 0.618. The summed E-state index contributed by atoms with van der Waals surface area (Å²) in [6, 6.07) is 26.9. The highest BCUT2D eigenvalue weighted by atomic mass is 32.1. The molecule has 0 bridgehead atoms. The second-order valence-electron chi connectivity index (χ2n) is 7.44. The van der Waals surface area contributed by atoms with E-state index in [1.165, 1.54) is 11.1 Å². The predicted octanol–water partition coefficient (Wildman–Crippen LogP) is 4.48. The largest absolute Gasteiger partial charge is 0.504 e. The molecule has 3 aromatic rings. The maximum absolute atomic E-state index is 9.85. The Morgan fingerprint density at radius 3 is 1.97 bits per heavy atom. The summed E-state index contributed by atoms with van der Waals surface area (Å²) < 4.78 is 5.23. The molecule has 30 heavy (non-hydrogen) atoms. The lowest BCUT2D eigenvalue weighted by molar-refractivity contribution is 0.152. The van der Waals surface area contributed by atoms with Crippen molar-refractivity contribution in [3.63, 3.8) is 0 Å². The molecule has 3 aromatic carbocycles. The summed E-state index contributed by atoms with van der Waals surface area (Å²) in [5.74, 6) is 0.573. The van der Waals surface area contributed by atoms with Gasteiger partial charge < -0.3 is 14.7 Å². The SMILES string of the molecule is COc1cc(C(=S)N2CCN(C(c3ccccc3)c3ccccc3)CC2)ccc1O. The number of hydrogen-bond donors (Lipinski definition) is 1. The number of phenols is 1. The minimum Gasteiger partial charge on any atom is -0.504 e. The number of ether oxygens (including phenoxy) is 1. The Kier molecular flexibility index (Phi) is 6.31. The summed E-state index contributed by atoms with van der Waals surface area (Å²) in [5.41, 5.74) is 3.52. The molecule has 0 amide bonds. The Morgan fingerprint density at radius 2 is 1.43 bits per heavy atom. The molecular weight excluding hydrogens is 392 g/mol. The summed E-state index contributed by atoms with van der Waals surface area (Å²) in [5, 5.41) is 9.85. The lowest BCUT2D eigenvalue weighted by atomic mass is 9.96. The predicted molar refractivity (Wildman–Crippen MR) is 124 cm³/mol. The van der Waals surface area contributed by atoms with E-state index in [4.69, 9.17) is 17.0 Å². The van der Waals surface area contributed by atoms with Crippen LogP contribution < -0.4 is 4.74 Å². The van der Waals surface area contributed by atoms with Crippen LogP contribution in [0.5, 0.6) is 11.5 Å². The number of methoxy groups -OCH3 is 1. The smallest absolute Gasteiger partial charge is 0.161 e. The molecule has 1 saturated heterocycles. The van der Waals surface area contributed by atoms with Crippen LogP contribution in [0.4, 0.5) is 0 Å². The number of aromatic hydroxyl groups is 1. The van der Waals surface area contributed by atoms with Crippen molar-refractivity contribution in [1.29, 1.82) is 0 Å². The topological polar surface area (TPSA) is 35.9 Å². The fraction of sp³-hybridized carbons (Fsp3) is 0.240. The molecule has 0 aromatic heterocycles. The molecule has 4 nitrogen and oxygen atoms in total. The maximum Gasteiger partial charge on any atom is 0.161 e. The van der Waals surface area contributed by atoms with Crippen molar-refractivity contribution in [2.75, 3.05) is 33.3 Å². The number of hydrogen-bond acceptors (Lipinski definition) is 4. The van der Waals surface area contributed by atoms with Gasteiger partial charge in [-0.25, -0.2) is 0 Å². The van der Waals surface area contributed by atoms with Crippen molar-refractivity contribution in [2.45, 2.75) is 6.04 Å². The third-order valence-corrected chi connectivity index (χ3v) is 6.12. The van der Waals surface area contributed by atoms with Crippen LogP contribution in [0.3, 0.4) is 0 Å². The maximum atomic E-state index is 9.85. The van der Waals surface area contributed by atoms with E-state index in [9.17, 15) is 5.11 Å². The number of nitrogens with zero attached hydrogens (tertiary/aromatic N) is 2. The van der Waals surface area contributed by atoms with Gasteiger partial charge in [0.25, 0.3) is 0 Å². The second kappa shape index (κ2) is 9.28. The van der Waals surface area contributed by atoms with Crippen LogP contribution in [0.25, 0.3) is 0 Å². The van der Waals surface area contributed by atoms with Gasteiger partial charge in [-0.15, -0.1) is 0 Å². The van der Waals surface area contributed by atoms with Crippen LogP contribution in [-0.2, 0) is 0 Å². The van der Waals surface area contributed by atoms with E-state index < -0.39 is 0 Å². The third kappa shape index (κ3) is 4.32. The number of piperazine rings is 1. The third-order valence-electron chi connectivity index (χ3n) is 5.62. The molecule has 0 unspecified atom stereocenters. The molecule has 0 spiro atoms. The summed E-state index contributed by atoms with van der Waals surface area (Å²) in [7, 11) is 1.55. The van der Waals surface area contributed by atoms with Gasteiger partial charge in [-0.1, -0.05) is 72.9 Å². The van der Waals surface area contributed by atoms with Gasteiger partial charge in [0.1, 0.15) is 4.99 Å². The first kappa shape index (κ1) is 20.4. The van der Waals surface area contributed by atoms with Gasteiger partial charge in [-0.2, -0.15) is 0 Å². The van der Waals surface area contributed by atoms with Crippen molar-refractivity contribution >= 4 is 17.2 Å². The summed E-state index contributed by atoms with van der Waals surface area (Å²) in [6.07, 6.45) is 0. The van der Waals surface area contributed by atoms with Crippen LogP contribution in [-0.4, -0.2) is 53.2 Å². The van der Waals surface area contributed by atoms with Crippen LogP contribution in [0.1, 0.15) is 22.7 Å². The van der Waals surface area contributed by atoms with Crippen molar-refractivity contribution in [2.24, 2.45) is 0 Å². The van der Waals surface area contributed by atoms with Gasteiger partial charge >= 0.3 is 0 Å². The first-order valence-corrected chi connectivity index (χ1v) is 10.6. The van der Waals surface area contributed by atoms with Gasteiger partial charge in [0.2, 0.25) is 0 Å². The molecule has 4 rings (SSSR count). The van der Waals surface area contributed by atoms with Crippen molar-refractivity contribution in [3.05, 3.63) is 95.6 Å². The average Bonchev–Trinajstić information content (AvgIpc) is 2.81. The van der Waals surface area contributed by atoms with E-state index in [0.717, 1.165) is 36.7 Å². The van der Waals surface area contributed by atoms with E-state index in [2.05, 4.69) is 70.5 Å². The molecule has 1 heterocycles. The van der Waals surface area contributed by atoms with Gasteiger partial charge in [0.05, 0.1) is 13.2 Å². The molecule has 0 aliphatic carbocycles. The molecule has 1 fully saturated rings. The standard InChI is InChI=1S/C25H26N2O2S/c1-29-23-18-21(12-13-22(23)28)25(30)27-16-14-26(15-17-27)24(19-8-4-2-5-9-19)20-10-6-3-7-11-20/h2-13,18,24,28H,14-17H2,1H3. The average molecular weight is 419 g/mol. The zero-order chi connectivity index (χ0) is 20.9. The molecule has 5 heteroatoms. The van der Waals surface area contributed by atoms with Crippen molar-refractivity contribution in [3.8, 4) is 11.5 Å². The van der Waals surface area contributed by atoms with E-state index in [1.807, 2.05) is 6.07 Å². The minimum atomic E-state index is 0.127. The Balaban J connectivity index is 1.50. The highest BCUT2D eigenvalue weighted by Gasteiger charge is 2.27. The zero-order valence-corrected chi connectivity index (χ0v) is 17.9. The van der Waals surface area contributed by atoms with Crippen molar-refractivity contribution in [1.82, 2.24) is 9.80 Å². The van der Waals surface area contributed by atoms with E-state index in [0.29, 0.717) is 5.75 Å². The van der Waals surface area contributed by atoms with Gasteiger partial charge in [-0.05, 0) is 29.3 Å². The van der Waals surface area contributed by atoms with Crippen molar-refractivity contribution < 1.29 is 9.84 Å². The summed E-state index contributed by atoms with van der Waals surface area (Å²) in [6.45, 7) is 3.56. The normalized spacial score (nSPS) is 14.7. The van der Waals surface area contributed by atoms with E-state index in [-0.39, 0.29) is 11.8 Å². The Bertz CT molecular complexity index is 947. The van der Waals surface area contributed by atoms with Gasteiger partial charge in [-0.3, -0.25) is 4.90 Å².